The molecule has 0 aliphatic carbocycles. The Bertz CT molecular complexity index is 1280. The summed E-state index contributed by atoms with van der Waals surface area (Å²) in [5.41, 5.74) is -0.900. The summed E-state index contributed by atoms with van der Waals surface area (Å²) in [4.78, 5) is 21.2. The maximum Gasteiger partial charge on any atom is 0.417 e. The first-order valence-electron chi connectivity index (χ1n) is 9.07. The zero-order chi connectivity index (χ0) is 24.2. The Hall–Kier alpha value is -4.13. The number of rotatable bonds is 6. The zero-order valence-electron chi connectivity index (χ0n) is 16.5. The van der Waals surface area contributed by atoms with Gasteiger partial charge in [0.2, 0.25) is 0 Å². The number of sulfonamides is 1. The van der Waals surface area contributed by atoms with Crippen molar-refractivity contribution < 1.29 is 31.3 Å². The molecule has 0 fully saturated rings. The molecule has 0 spiro atoms. The lowest BCUT2D eigenvalue weighted by Gasteiger charge is -2.14. The number of anilines is 3. The Balaban J connectivity index is 1.67. The summed E-state index contributed by atoms with van der Waals surface area (Å²) in [5, 5.41) is 15.6. The van der Waals surface area contributed by atoms with Gasteiger partial charge in [-0.3, -0.25) is 14.8 Å². The number of benzene rings is 3. The van der Waals surface area contributed by atoms with E-state index in [2.05, 4.69) is 15.4 Å². The van der Waals surface area contributed by atoms with Crippen LogP contribution in [0.2, 0.25) is 0 Å². The highest BCUT2D eigenvalue weighted by atomic mass is 32.2. The van der Waals surface area contributed by atoms with Crippen LogP contribution in [0.4, 0.5) is 40.7 Å². The molecule has 2 amide bonds. The lowest BCUT2D eigenvalue weighted by atomic mass is 10.2. The Kier molecular flexibility index (Phi) is 6.53. The molecule has 3 aromatic rings. The van der Waals surface area contributed by atoms with Crippen molar-refractivity contribution in [3.05, 3.63) is 88.5 Å². The van der Waals surface area contributed by atoms with Gasteiger partial charge in [-0.1, -0.05) is 12.1 Å². The van der Waals surface area contributed by atoms with E-state index in [0.29, 0.717) is 11.8 Å². The maximum atomic E-state index is 13.1. The number of hydrogen-bond donors (Lipinski definition) is 3. The number of nitro groups is 1. The van der Waals surface area contributed by atoms with Crippen LogP contribution in [0.15, 0.2) is 77.7 Å². The van der Waals surface area contributed by atoms with Crippen molar-refractivity contribution in [2.75, 3.05) is 15.4 Å². The van der Waals surface area contributed by atoms with Gasteiger partial charge in [0, 0.05) is 29.2 Å². The minimum atomic E-state index is -4.85. The summed E-state index contributed by atoms with van der Waals surface area (Å²) in [5.74, 6) is 0. The molecule has 3 rings (SSSR count). The first kappa shape index (κ1) is 23.5. The van der Waals surface area contributed by atoms with E-state index < -0.39 is 37.6 Å². The largest absolute Gasteiger partial charge is 0.417 e. The van der Waals surface area contributed by atoms with Gasteiger partial charge in [0.05, 0.1) is 15.4 Å². The van der Waals surface area contributed by atoms with Gasteiger partial charge in [0.1, 0.15) is 0 Å². The quantitative estimate of drug-likeness (QED) is 0.335. The van der Waals surface area contributed by atoms with Gasteiger partial charge in [0.15, 0.2) is 0 Å². The highest BCUT2D eigenvalue weighted by molar-refractivity contribution is 7.92. The number of carbonyl (C=O) groups is 1. The fourth-order valence-electron chi connectivity index (χ4n) is 2.73. The second-order valence-corrected chi connectivity index (χ2v) is 8.21. The molecule has 9 nitrogen and oxygen atoms in total. The Labute approximate surface area is 185 Å². The van der Waals surface area contributed by atoms with Crippen molar-refractivity contribution >= 4 is 38.8 Å². The van der Waals surface area contributed by atoms with E-state index in [1.807, 2.05) is 0 Å². The first-order valence-corrected chi connectivity index (χ1v) is 10.6. The lowest BCUT2D eigenvalue weighted by Crippen LogP contribution is -2.20. The minimum absolute atomic E-state index is 0.0201. The Morgan fingerprint density at radius 1 is 0.818 bits per heavy atom. The van der Waals surface area contributed by atoms with E-state index in [-0.39, 0.29) is 17.1 Å². The van der Waals surface area contributed by atoms with Crippen molar-refractivity contribution in [2.45, 2.75) is 11.1 Å². The van der Waals surface area contributed by atoms with Crippen molar-refractivity contribution in [2.24, 2.45) is 0 Å². The van der Waals surface area contributed by atoms with Crippen LogP contribution in [0.3, 0.4) is 0 Å². The number of alkyl halides is 3. The number of nitro benzene ring substituents is 1. The molecular formula is C20H15F3N4O5S. The average molecular weight is 480 g/mol. The molecule has 0 atom stereocenters. The highest BCUT2D eigenvalue weighted by Gasteiger charge is 2.36. The van der Waals surface area contributed by atoms with Crippen LogP contribution in [0.5, 0.6) is 0 Å². The van der Waals surface area contributed by atoms with Gasteiger partial charge in [-0.15, -0.1) is 0 Å². The van der Waals surface area contributed by atoms with E-state index in [1.54, 1.807) is 0 Å². The second kappa shape index (κ2) is 9.16. The van der Waals surface area contributed by atoms with Gasteiger partial charge < -0.3 is 10.6 Å². The number of hydrogen-bond acceptors (Lipinski definition) is 5. The van der Waals surface area contributed by atoms with Crippen LogP contribution in [-0.2, 0) is 16.2 Å². The molecule has 0 saturated carbocycles. The number of halogens is 3. The molecule has 0 saturated heterocycles. The molecule has 0 aliphatic heterocycles. The first-order chi connectivity index (χ1) is 15.5. The molecule has 0 aromatic heterocycles. The number of urea groups is 1. The molecule has 33 heavy (non-hydrogen) atoms. The van der Waals surface area contributed by atoms with Gasteiger partial charge in [-0.05, 0) is 48.5 Å². The molecule has 0 bridgehead atoms. The maximum absolute atomic E-state index is 13.1. The summed E-state index contributed by atoms with van der Waals surface area (Å²) in [6, 6.07) is 13.4. The van der Waals surface area contributed by atoms with Crippen LogP contribution in [0.25, 0.3) is 0 Å². The molecule has 3 aromatic carbocycles. The number of nitrogens with one attached hydrogen (secondary N) is 3. The lowest BCUT2D eigenvalue weighted by molar-refractivity contribution is -0.384. The third kappa shape index (κ3) is 5.98. The van der Waals surface area contributed by atoms with E-state index in [1.165, 1.54) is 54.6 Å². The fraction of sp³-hybridized carbons (Fsp3) is 0.0500. The molecule has 172 valence electrons. The van der Waals surface area contributed by atoms with Gasteiger partial charge in [-0.25, -0.2) is 13.2 Å². The number of carbonyl (C=O) groups excluding carboxylic acids is 1. The zero-order valence-corrected chi connectivity index (χ0v) is 17.3. The predicted octanol–water partition coefficient (Wildman–Crippen LogP) is 5.06. The number of non-ortho nitro benzene ring substituents is 1. The molecule has 13 heteroatoms. The van der Waals surface area contributed by atoms with Crippen LogP contribution in [-0.4, -0.2) is 19.4 Å². The molecular weight excluding hydrogens is 465 g/mol. The van der Waals surface area contributed by atoms with Gasteiger partial charge >= 0.3 is 12.2 Å². The average Bonchev–Trinajstić information content (AvgIpc) is 2.75. The van der Waals surface area contributed by atoms with Crippen molar-refractivity contribution in [3.63, 3.8) is 0 Å². The van der Waals surface area contributed by atoms with Crippen LogP contribution >= 0.6 is 0 Å². The van der Waals surface area contributed by atoms with Crippen LogP contribution in [0, 0.1) is 10.1 Å². The molecule has 0 unspecified atom stereocenters. The van der Waals surface area contributed by atoms with Gasteiger partial charge in [0.25, 0.3) is 15.7 Å². The SMILES string of the molecule is O=C(Nc1ccc(NS(=O)(=O)c2ccccc2C(F)(F)F)cc1)Nc1ccc([N+](=O)[O-])cc1. The van der Waals surface area contributed by atoms with Crippen LogP contribution < -0.4 is 15.4 Å². The molecule has 0 heterocycles. The third-order valence-electron chi connectivity index (χ3n) is 4.21. The molecule has 3 N–H and O–H groups in total. The van der Waals surface area contributed by atoms with Crippen molar-refractivity contribution in [3.8, 4) is 0 Å². The van der Waals surface area contributed by atoms with Gasteiger partial charge in [-0.2, -0.15) is 13.2 Å². The molecule has 0 radical (unpaired) electrons. The third-order valence-corrected chi connectivity index (χ3v) is 5.65. The Morgan fingerprint density at radius 3 is 1.82 bits per heavy atom. The van der Waals surface area contributed by atoms with Crippen molar-refractivity contribution in [1.82, 2.24) is 0 Å². The Morgan fingerprint density at radius 2 is 1.30 bits per heavy atom. The topological polar surface area (TPSA) is 130 Å². The standard InChI is InChI=1S/C20H15F3N4O5S/c21-20(22,23)17-3-1-2-4-18(17)33(31,32)26-15-7-5-13(6-8-15)24-19(28)25-14-9-11-16(12-10-14)27(29)30/h1-12,26H,(H2,24,25,28). The summed E-state index contributed by atoms with van der Waals surface area (Å²) < 4.78 is 66.4. The number of nitrogens with zero attached hydrogens (tertiary/aromatic N) is 1. The smallest absolute Gasteiger partial charge is 0.308 e. The predicted molar refractivity (Wildman–Crippen MR) is 114 cm³/mol. The minimum Gasteiger partial charge on any atom is -0.308 e. The van der Waals surface area contributed by atoms with Crippen molar-refractivity contribution in [1.29, 1.82) is 0 Å². The van der Waals surface area contributed by atoms with E-state index >= 15 is 0 Å². The summed E-state index contributed by atoms with van der Waals surface area (Å²) in [6.07, 6.45) is -4.85. The molecule has 0 aliphatic rings. The van der Waals surface area contributed by atoms with E-state index in [4.69, 9.17) is 0 Å². The van der Waals surface area contributed by atoms with E-state index in [9.17, 15) is 36.5 Å². The highest BCUT2D eigenvalue weighted by Crippen LogP contribution is 2.34. The fourth-order valence-corrected chi connectivity index (χ4v) is 4.01. The normalized spacial score (nSPS) is 11.5. The summed E-state index contributed by atoms with van der Waals surface area (Å²) in [6.45, 7) is 0. The monoisotopic (exact) mass is 480 g/mol. The second-order valence-electron chi connectivity index (χ2n) is 6.56. The number of amides is 2. The summed E-state index contributed by atoms with van der Waals surface area (Å²) >= 11 is 0. The van der Waals surface area contributed by atoms with Crippen LogP contribution in [0.1, 0.15) is 5.56 Å². The summed E-state index contributed by atoms with van der Waals surface area (Å²) in [7, 11) is -4.53. The van der Waals surface area contributed by atoms with E-state index in [0.717, 1.165) is 12.1 Å².